The Morgan fingerprint density at radius 1 is 1.13 bits per heavy atom. The molecule has 1 aromatic heterocycles. The van der Waals surface area contributed by atoms with E-state index in [9.17, 15) is 4.79 Å². The monoisotopic (exact) mass is 426 g/mol. The molecule has 7 heteroatoms. The van der Waals surface area contributed by atoms with Crippen molar-refractivity contribution in [3.05, 3.63) is 64.7 Å². The first-order valence-electron chi connectivity index (χ1n) is 10.6. The van der Waals surface area contributed by atoms with Crippen molar-refractivity contribution in [3.63, 3.8) is 0 Å². The van der Waals surface area contributed by atoms with E-state index >= 15 is 0 Å². The standard InChI is InChI=1S/C23H28N4O2S/c1-26(17-23-25-20-8-4-5-9-21(20)30-23)16-22(28)24-14-18-6-2-3-7-19(18)15-27-10-12-29-13-11-27/h2-9H,10-17H2,1H3,(H,24,28)/p+2. The summed E-state index contributed by atoms with van der Waals surface area (Å²) in [7, 11) is 2.04. The maximum Gasteiger partial charge on any atom is 0.275 e. The number of rotatable bonds is 8. The molecule has 3 aromatic rings. The van der Waals surface area contributed by atoms with Gasteiger partial charge in [0.05, 0.1) is 30.5 Å². The van der Waals surface area contributed by atoms with Crippen LogP contribution >= 0.6 is 11.3 Å². The number of carbonyl (C=O) groups excluding carboxylic acids is 1. The fraction of sp³-hybridized carbons (Fsp3) is 0.391. The molecule has 0 saturated carbocycles. The molecule has 158 valence electrons. The number of fused-ring (bicyclic) bond motifs is 1. The van der Waals surface area contributed by atoms with E-state index in [0.29, 0.717) is 13.1 Å². The van der Waals surface area contributed by atoms with Gasteiger partial charge in [0, 0.05) is 12.1 Å². The molecular formula is C23H30N4O2S+2. The lowest BCUT2D eigenvalue weighted by molar-refractivity contribution is -0.921. The third-order valence-corrected chi connectivity index (χ3v) is 6.52. The average molecular weight is 427 g/mol. The van der Waals surface area contributed by atoms with Crippen molar-refractivity contribution in [1.82, 2.24) is 10.3 Å². The van der Waals surface area contributed by atoms with Crippen LogP contribution in [-0.2, 0) is 29.2 Å². The van der Waals surface area contributed by atoms with Gasteiger partial charge < -0.3 is 19.9 Å². The summed E-state index contributed by atoms with van der Waals surface area (Å²) in [4.78, 5) is 19.9. The van der Waals surface area contributed by atoms with Crippen molar-refractivity contribution in [1.29, 1.82) is 0 Å². The highest BCUT2D eigenvalue weighted by molar-refractivity contribution is 7.18. The highest BCUT2D eigenvalue weighted by Gasteiger charge is 2.17. The van der Waals surface area contributed by atoms with Crippen LogP contribution in [0.5, 0.6) is 0 Å². The van der Waals surface area contributed by atoms with Crippen molar-refractivity contribution in [3.8, 4) is 0 Å². The van der Waals surface area contributed by atoms with Gasteiger partial charge in [0.25, 0.3) is 5.91 Å². The smallest absolute Gasteiger partial charge is 0.275 e. The molecule has 0 aliphatic carbocycles. The van der Waals surface area contributed by atoms with Crippen LogP contribution in [-0.4, -0.2) is 50.8 Å². The summed E-state index contributed by atoms with van der Waals surface area (Å²) in [5, 5.41) is 4.18. The molecule has 4 rings (SSSR count). The van der Waals surface area contributed by atoms with Crippen LogP contribution in [0.4, 0.5) is 0 Å². The number of quaternary nitrogens is 2. The van der Waals surface area contributed by atoms with Gasteiger partial charge in [-0.1, -0.05) is 36.4 Å². The number of thiazole rings is 1. The number of para-hydroxylation sites is 1. The largest absolute Gasteiger partial charge is 0.370 e. The lowest BCUT2D eigenvalue weighted by Crippen LogP contribution is -3.12. The number of nitrogens with zero attached hydrogens (tertiary/aromatic N) is 1. The summed E-state index contributed by atoms with van der Waals surface area (Å²) in [6.45, 7) is 6.50. The van der Waals surface area contributed by atoms with Crippen LogP contribution in [0.2, 0.25) is 0 Å². The summed E-state index contributed by atoms with van der Waals surface area (Å²) in [5.74, 6) is 0.0714. The highest BCUT2D eigenvalue weighted by atomic mass is 32.1. The first-order valence-corrected chi connectivity index (χ1v) is 11.4. The SMILES string of the molecule is C[NH+](CC(=O)NCc1ccccc1C[NH+]1CCOCC1)Cc1nc2ccccc2s1. The second kappa shape index (κ2) is 10.1. The summed E-state index contributed by atoms with van der Waals surface area (Å²) in [5.41, 5.74) is 3.55. The summed E-state index contributed by atoms with van der Waals surface area (Å²) < 4.78 is 6.66. The number of hydrogen-bond donors (Lipinski definition) is 3. The van der Waals surface area contributed by atoms with Crippen LogP contribution in [0.25, 0.3) is 10.2 Å². The number of benzene rings is 2. The molecule has 0 bridgehead atoms. The maximum atomic E-state index is 12.5. The van der Waals surface area contributed by atoms with Gasteiger partial charge in [0.2, 0.25) is 0 Å². The first-order chi connectivity index (χ1) is 14.7. The summed E-state index contributed by atoms with van der Waals surface area (Å²) >= 11 is 1.71. The van der Waals surface area contributed by atoms with E-state index in [2.05, 4.69) is 34.6 Å². The molecule has 30 heavy (non-hydrogen) atoms. The Hall–Kier alpha value is -2.32. The zero-order valence-electron chi connectivity index (χ0n) is 17.4. The van der Waals surface area contributed by atoms with Crippen molar-refractivity contribution >= 4 is 27.5 Å². The Balaban J connectivity index is 1.28. The molecular weight excluding hydrogens is 396 g/mol. The number of morpholine rings is 1. The molecule has 1 amide bonds. The summed E-state index contributed by atoms with van der Waals surface area (Å²) in [6, 6.07) is 16.6. The lowest BCUT2D eigenvalue weighted by Gasteiger charge is -2.24. The van der Waals surface area contributed by atoms with Gasteiger partial charge in [0.15, 0.2) is 6.54 Å². The van der Waals surface area contributed by atoms with E-state index in [1.165, 1.54) is 15.8 Å². The van der Waals surface area contributed by atoms with E-state index in [1.807, 2.05) is 31.3 Å². The molecule has 1 aliphatic rings. The topological polar surface area (TPSA) is 60.1 Å². The molecule has 0 radical (unpaired) electrons. The van der Waals surface area contributed by atoms with Gasteiger partial charge in [-0.2, -0.15) is 0 Å². The second-order valence-corrected chi connectivity index (χ2v) is 9.09. The van der Waals surface area contributed by atoms with Crippen LogP contribution in [0.1, 0.15) is 16.1 Å². The Morgan fingerprint density at radius 3 is 2.67 bits per heavy atom. The normalized spacial score (nSPS) is 15.9. The Bertz CT molecular complexity index is 951. The van der Waals surface area contributed by atoms with Crippen LogP contribution in [0.15, 0.2) is 48.5 Å². The van der Waals surface area contributed by atoms with Gasteiger partial charge in [-0.05, 0) is 17.7 Å². The average Bonchev–Trinajstić information content (AvgIpc) is 3.16. The van der Waals surface area contributed by atoms with E-state index in [-0.39, 0.29) is 5.91 Å². The number of likely N-dealkylation sites (N-methyl/N-ethyl adjacent to an activating group) is 1. The van der Waals surface area contributed by atoms with E-state index < -0.39 is 0 Å². The molecule has 2 heterocycles. The summed E-state index contributed by atoms with van der Waals surface area (Å²) in [6.07, 6.45) is 0. The zero-order valence-corrected chi connectivity index (χ0v) is 18.3. The number of hydrogen-bond acceptors (Lipinski definition) is 4. The number of ether oxygens (including phenoxy) is 1. The van der Waals surface area contributed by atoms with Crippen molar-refractivity contribution < 1.29 is 19.3 Å². The highest BCUT2D eigenvalue weighted by Crippen LogP contribution is 2.20. The minimum Gasteiger partial charge on any atom is -0.370 e. The fourth-order valence-electron chi connectivity index (χ4n) is 3.86. The lowest BCUT2D eigenvalue weighted by atomic mass is 10.1. The Morgan fingerprint density at radius 2 is 1.87 bits per heavy atom. The molecule has 1 unspecified atom stereocenters. The van der Waals surface area contributed by atoms with Gasteiger partial charge in [0.1, 0.15) is 31.2 Å². The predicted octanol–water partition coefficient (Wildman–Crippen LogP) is 0.0425. The molecule has 1 atom stereocenters. The Kier molecular flexibility index (Phi) is 7.07. The molecule has 0 spiro atoms. The zero-order chi connectivity index (χ0) is 20.8. The van der Waals surface area contributed by atoms with Crippen LogP contribution < -0.4 is 15.1 Å². The third kappa shape index (κ3) is 5.64. The Labute approximate surface area is 181 Å². The number of aromatic nitrogens is 1. The van der Waals surface area contributed by atoms with Gasteiger partial charge >= 0.3 is 0 Å². The molecule has 2 aromatic carbocycles. The first kappa shape index (κ1) is 20.9. The number of nitrogens with one attached hydrogen (secondary N) is 3. The minimum absolute atomic E-state index is 0.0714. The fourth-order valence-corrected chi connectivity index (χ4v) is 4.94. The molecule has 3 N–H and O–H groups in total. The van der Waals surface area contributed by atoms with Gasteiger partial charge in [-0.3, -0.25) is 4.79 Å². The predicted molar refractivity (Wildman–Crippen MR) is 119 cm³/mol. The van der Waals surface area contributed by atoms with Crippen LogP contribution in [0, 0.1) is 0 Å². The van der Waals surface area contributed by atoms with E-state index in [4.69, 9.17) is 4.74 Å². The molecule has 6 nitrogen and oxygen atoms in total. The van der Waals surface area contributed by atoms with E-state index in [0.717, 1.165) is 54.8 Å². The minimum atomic E-state index is 0.0714. The van der Waals surface area contributed by atoms with Gasteiger partial charge in [-0.15, -0.1) is 11.3 Å². The van der Waals surface area contributed by atoms with Crippen LogP contribution in [0.3, 0.4) is 0 Å². The quantitative estimate of drug-likeness (QED) is 0.477. The third-order valence-electron chi connectivity index (χ3n) is 5.49. The number of amides is 1. The van der Waals surface area contributed by atoms with Crippen molar-refractivity contribution in [2.45, 2.75) is 19.6 Å². The van der Waals surface area contributed by atoms with E-state index in [1.54, 1.807) is 16.2 Å². The number of carbonyl (C=O) groups is 1. The van der Waals surface area contributed by atoms with Crippen molar-refractivity contribution in [2.75, 3.05) is 39.9 Å². The molecule has 1 fully saturated rings. The maximum absolute atomic E-state index is 12.5. The van der Waals surface area contributed by atoms with Crippen molar-refractivity contribution in [2.24, 2.45) is 0 Å². The molecule has 1 saturated heterocycles. The van der Waals surface area contributed by atoms with Gasteiger partial charge in [-0.25, -0.2) is 4.98 Å². The second-order valence-electron chi connectivity index (χ2n) is 7.97. The molecule has 1 aliphatic heterocycles.